The van der Waals surface area contributed by atoms with Gasteiger partial charge >= 0.3 is 0 Å². The van der Waals surface area contributed by atoms with Crippen LogP contribution in [0.15, 0.2) is 24.3 Å². The van der Waals surface area contributed by atoms with Gasteiger partial charge in [0.25, 0.3) is 5.91 Å². The van der Waals surface area contributed by atoms with Gasteiger partial charge < -0.3 is 0 Å². The summed E-state index contributed by atoms with van der Waals surface area (Å²) in [5.74, 6) is -1.83. The van der Waals surface area contributed by atoms with E-state index < -0.39 is 23.8 Å². The van der Waals surface area contributed by atoms with Crippen LogP contribution in [-0.2, 0) is 14.4 Å². The van der Waals surface area contributed by atoms with Gasteiger partial charge in [-0.25, -0.2) is 0 Å². The Morgan fingerprint density at radius 2 is 1.85 bits per heavy atom. The summed E-state index contributed by atoms with van der Waals surface area (Å²) in [7, 11) is 0. The first-order valence-corrected chi connectivity index (χ1v) is 6.03. The lowest BCUT2D eigenvalue weighted by Crippen LogP contribution is -2.48. The molecule has 0 fully saturated rings. The number of nitrogens with zero attached hydrogens (tertiary/aromatic N) is 1. The number of imide groups is 2. The van der Waals surface area contributed by atoms with Crippen LogP contribution in [0.3, 0.4) is 0 Å². The van der Waals surface area contributed by atoms with Crippen LogP contribution in [-0.4, -0.2) is 35.1 Å². The summed E-state index contributed by atoms with van der Waals surface area (Å²) < 4.78 is 0. The molecule has 6 nitrogen and oxygen atoms in total. The lowest BCUT2D eigenvalue weighted by Gasteiger charge is -2.22. The minimum absolute atomic E-state index is 0.291. The Morgan fingerprint density at radius 1 is 1.25 bits per heavy atom. The number of carbonyl (C=O) groups excluding carboxylic acids is 4. The Balaban J connectivity index is 2.99. The molecule has 0 aliphatic carbocycles. The number of hydrogen-bond donors (Lipinski definition) is 1. The molecule has 0 aliphatic rings. The first-order chi connectivity index (χ1) is 9.38. The molecule has 0 saturated heterocycles. The van der Waals surface area contributed by atoms with E-state index >= 15 is 0 Å². The van der Waals surface area contributed by atoms with E-state index in [2.05, 4.69) is 0 Å². The molecule has 1 unspecified atom stereocenters. The third-order valence-corrected chi connectivity index (χ3v) is 2.82. The Labute approximate surface area is 116 Å². The van der Waals surface area contributed by atoms with E-state index in [0.29, 0.717) is 17.5 Å². The van der Waals surface area contributed by atoms with Crippen molar-refractivity contribution in [3.05, 3.63) is 35.4 Å². The molecule has 1 atom stereocenters. The van der Waals surface area contributed by atoms with Gasteiger partial charge in [0, 0.05) is 12.5 Å². The molecular weight excluding hydrogens is 260 g/mol. The predicted molar refractivity (Wildman–Crippen MR) is 71.7 cm³/mol. The average Bonchev–Trinajstić information content (AvgIpc) is 2.38. The second kappa shape index (κ2) is 6.60. The highest BCUT2D eigenvalue weighted by Crippen LogP contribution is 2.11. The fraction of sp³-hybridized carbons (Fsp3) is 0.286. The molecule has 0 bridgehead atoms. The van der Waals surface area contributed by atoms with Crippen LogP contribution >= 0.6 is 0 Å². The van der Waals surface area contributed by atoms with Gasteiger partial charge in [0.2, 0.25) is 18.2 Å². The number of nitrogens with one attached hydrogen (secondary N) is 1. The van der Waals surface area contributed by atoms with Crippen LogP contribution < -0.4 is 5.32 Å². The number of aryl methyl sites for hydroxylation is 1. The van der Waals surface area contributed by atoms with Gasteiger partial charge in [-0.2, -0.15) is 0 Å². The van der Waals surface area contributed by atoms with E-state index in [4.69, 9.17) is 0 Å². The molecule has 1 N–H and O–H groups in total. The molecule has 0 spiro atoms. The van der Waals surface area contributed by atoms with E-state index in [1.807, 2.05) is 5.32 Å². The van der Waals surface area contributed by atoms with Gasteiger partial charge in [-0.1, -0.05) is 18.2 Å². The van der Waals surface area contributed by atoms with Crippen LogP contribution in [0.2, 0.25) is 0 Å². The summed E-state index contributed by atoms with van der Waals surface area (Å²) in [6.07, 6.45) is 0.291. The van der Waals surface area contributed by atoms with Gasteiger partial charge in [-0.05, 0) is 25.5 Å². The van der Waals surface area contributed by atoms with E-state index in [9.17, 15) is 19.2 Å². The summed E-state index contributed by atoms with van der Waals surface area (Å²) in [5, 5.41) is 2.05. The van der Waals surface area contributed by atoms with E-state index in [1.165, 1.54) is 13.8 Å². The highest BCUT2D eigenvalue weighted by Gasteiger charge is 2.27. The largest absolute Gasteiger partial charge is 0.295 e. The van der Waals surface area contributed by atoms with Crippen LogP contribution in [0.5, 0.6) is 0 Å². The molecule has 0 saturated carbocycles. The van der Waals surface area contributed by atoms with Crippen molar-refractivity contribution in [2.75, 3.05) is 0 Å². The Hall–Kier alpha value is -2.50. The number of amides is 4. The molecule has 4 amide bonds. The summed E-state index contributed by atoms with van der Waals surface area (Å²) in [6.45, 7) is 4.29. The number of hydrogen-bond acceptors (Lipinski definition) is 4. The highest BCUT2D eigenvalue weighted by atomic mass is 16.2. The molecule has 1 rings (SSSR count). The van der Waals surface area contributed by atoms with Gasteiger partial charge in [-0.15, -0.1) is 0 Å². The lowest BCUT2D eigenvalue weighted by molar-refractivity contribution is -0.134. The summed E-state index contributed by atoms with van der Waals surface area (Å²) in [4.78, 5) is 46.7. The normalized spacial score (nSPS) is 11.3. The lowest BCUT2D eigenvalue weighted by atomic mass is 10.1. The standard InChI is InChI=1S/C14H16N2O4/c1-9-6-4-5-7-12(9)14(20)16(8-17)10(2)13(19)15-11(3)18/h4-8,10H,1-3H3,(H,15,18,19). The van der Waals surface area contributed by atoms with Crippen LogP contribution in [0.25, 0.3) is 0 Å². The second-order valence-corrected chi connectivity index (χ2v) is 4.35. The minimum Gasteiger partial charge on any atom is -0.295 e. The maximum Gasteiger partial charge on any atom is 0.261 e. The molecule has 1 aromatic carbocycles. The van der Waals surface area contributed by atoms with Gasteiger partial charge in [0.1, 0.15) is 6.04 Å². The van der Waals surface area contributed by atoms with E-state index in [0.717, 1.165) is 4.90 Å². The zero-order chi connectivity index (χ0) is 15.3. The van der Waals surface area contributed by atoms with Crippen molar-refractivity contribution in [3.63, 3.8) is 0 Å². The van der Waals surface area contributed by atoms with Gasteiger partial charge in [-0.3, -0.25) is 29.4 Å². The van der Waals surface area contributed by atoms with Crippen molar-refractivity contribution < 1.29 is 19.2 Å². The molecule has 20 heavy (non-hydrogen) atoms. The maximum absolute atomic E-state index is 12.3. The molecule has 0 radical (unpaired) electrons. The van der Waals surface area contributed by atoms with Crippen LogP contribution in [0, 0.1) is 6.92 Å². The molecule has 0 aliphatic heterocycles. The number of carbonyl (C=O) groups is 4. The van der Waals surface area contributed by atoms with Gasteiger partial charge in [0.05, 0.1) is 0 Å². The fourth-order valence-electron chi connectivity index (χ4n) is 1.67. The van der Waals surface area contributed by atoms with Crippen molar-refractivity contribution in [2.24, 2.45) is 0 Å². The minimum atomic E-state index is -1.07. The summed E-state index contributed by atoms with van der Waals surface area (Å²) in [5.41, 5.74) is 1.03. The molecule has 0 heterocycles. The van der Waals surface area contributed by atoms with Crippen molar-refractivity contribution in [1.29, 1.82) is 0 Å². The van der Waals surface area contributed by atoms with E-state index in [-0.39, 0.29) is 0 Å². The Kier molecular flexibility index (Phi) is 5.14. The predicted octanol–water partition coefficient (Wildman–Crippen LogP) is 0.645. The van der Waals surface area contributed by atoms with Crippen molar-refractivity contribution in [3.8, 4) is 0 Å². The maximum atomic E-state index is 12.3. The molecule has 1 aromatic rings. The molecule has 6 heteroatoms. The van der Waals surface area contributed by atoms with Crippen molar-refractivity contribution in [2.45, 2.75) is 26.8 Å². The third-order valence-electron chi connectivity index (χ3n) is 2.82. The molecule has 106 valence electrons. The van der Waals surface area contributed by atoms with Crippen molar-refractivity contribution >= 4 is 24.1 Å². The second-order valence-electron chi connectivity index (χ2n) is 4.35. The highest BCUT2D eigenvalue weighted by molar-refractivity contribution is 6.05. The van der Waals surface area contributed by atoms with Crippen LogP contribution in [0.1, 0.15) is 29.8 Å². The third kappa shape index (κ3) is 3.50. The monoisotopic (exact) mass is 276 g/mol. The molecular formula is C14H16N2O4. The first kappa shape index (κ1) is 15.6. The SMILES string of the molecule is CC(=O)NC(=O)C(C)N(C=O)C(=O)c1ccccc1C. The zero-order valence-electron chi connectivity index (χ0n) is 11.5. The fourth-order valence-corrected chi connectivity index (χ4v) is 1.67. The van der Waals surface area contributed by atoms with Crippen molar-refractivity contribution in [1.82, 2.24) is 10.2 Å². The first-order valence-electron chi connectivity index (χ1n) is 6.03. The van der Waals surface area contributed by atoms with Gasteiger partial charge in [0.15, 0.2) is 0 Å². The van der Waals surface area contributed by atoms with E-state index in [1.54, 1.807) is 31.2 Å². The summed E-state index contributed by atoms with van der Waals surface area (Å²) in [6, 6.07) is 5.68. The number of rotatable bonds is 4. The topological polar surface area (TPSA) is 83.6 Å². The Morgan fingerprint density at radius 3 is 2.35 bits per heavy atom. The number of benzene rings is 1. The van der Waals surface area contributed by atoms with Crippen LogP contribution in [0.4, 0.5) is 0 Å². The zero-order valence-corrected chi connectivity index (χ0v) is 11.5. The Bertz CT molecular complexity index is 554. The summed E-state index contributed by atoms with van der Waals surface area (Å²) >= 11 is 0. The molecule has 0 aromatic heterocycles. The quantitative estimate of drug-likeness (QED) is 0.818. The average molecular weight is 276 g/mol. The smallest absolute Gasteiger partial charge is 0.261 e.